The van der Waals surface area contributed by atoms with E-state index in [1.165, 1.54) is 24.8 Å². The van der Waals surface area contributed by atoms with Gasteiger partial charge in [-0.05, 0) is 25.2 Å². The molecule has 84 valence electrons. The number of nitrogens with one attached hydrogen (secondary N) is 1. The molecule has 1 atom stereocenters. The van der Waals surface area contributed by atoms with Crippen LogP contribution in [0.2, 0.25) is 0 Å². The highest BCUT2D eigenvalue weighted by Gasteiger charge is 2.15. The summed E-state index contributed by atoms with van der Waals surface area (Å²) < 4.78 is 5.53. The Bertz CT molecular complexity index is 201. The quantitative estimate of drug-likeness (QED) is 0.391. The van der Waals surface area contributed by atoms with Gasteiger partial charge in [-0.25, -0.2) is 0 Å². The lowest BCUT2D eigenvalue weighted by Gasteiger charge is -2.19. The van der Waals surface area contributed by atoms with Gasteiger partial charge in [-0.15, -0.1) is 0 Å². The zero-order valence-corrected chi connectivity index (χ0v) is 12.0. The van der Waals surface area contributed by atoms with Crippen LogP contribution in [0.5, 0.6) is 0 Å². The third kappa shape index (κ3) is 7.18. The first-order chi connectivity index (χ1) is 6.68. The molecule has 6 heteroatoms. The second-order valence-corrected chi connectivity index (χ2v) is 9.67. The Balaban J connectivity index is 3.83. The van der Waals surface area contributed by atoms with Crippen molar-refractivity contribution in [3.63, 3.8) is 0 Å². The van der Waals surface area contributed by atoms with E-state index in [1.807, 2.05) is 6.92 Å². The molecule has 0 rings (SSSR count). The maximum atomic E-state index is 5.53. The molecule has 0 aliphatic carbocycles. The average molecular weight is 271 g/mol. The molecule has 0 fully saturated rings. The maximum absolute atomic E-state index is 5.53. The van der Waals surface area contributed by atoms with Crippen LogP contribution in [0.4, 0.5) is 0 Å². The molecule has 0 aromatic rings. The van der Waals surface area contributed by atoms with Crippen molar-refractivity contribution >= 4 is 46.5 Å². The number of hydrogen-bond acceptors (Lipinski definition) is 4. The van der Waals surface area contributed by atoms with Gasteiger partial charge in [0.15, 0.2) is 0 Å². The van der Waals surface area contributed by atoms with Crippen LogP contribution >= 0.6 is 29.2 Å². The molecular formula is C8H18NOPS3. The third-order valence-electron chi connectivity index (χ3n) is 1.52. The summed E-state index contributed by atoms with van der Waals surface area (Å²) in [5.41, 5.74) is -0.444. The van der Waals surface area contributed by atoms with E-state index >= 15 is 0 Å². The Hall–Kier alpha value is 0.850. The Kier molecular flexibility index (Phi) is 9.66. The van der Waals surface area contributed by atoms with Gasteiger partial charge in [0.1, 0.15) is 0 Å². The van der Waals surface area contributed by atoms with Gasteiger partial charge in [-0.1, -0.05) is 43.4 Å². The summed E-state index contributed by atoms with van der Waals surface area (Å²) in [5.74, 6) is 1.06. The average Bonchev–Trinajstić information content (AvgIpc) is 2.13. The van der Waals surface area contributed by atoms with E-state index in [4.69, 9.17) is 28.5 Å². The molecule has 14 heavy (non-hydrogen) atoms. The molecule has 2 nitrogen and oxygen atoms in total. The van der Waals surface area contributed by atoms with E-state index in [0.29, 0.717) is 6.61 Å². The van der Waals surface area contributed by atoms with Crippen molar-refractivity contribution in [2.75, 3.05) is 12.4 Å². The molecule has 0 saturated heterocycles. The summed E-state index contributed by atoms with van der Waals surface area (Å²) in [5, 5.41) is 2.99. The molecule has 1 N–H and O–H groups in total. The van der Waals surface area contributed by atoms with Gasteiger partial charge in [0, 0.05) is 5.75 Å². The molecule has 0 saturated carbocycles. The maximum Gasteiger partial charge on any atom is 0.210 e. The van der Waals surface area contributed by atoms with Crippen LogP contribution in [-0.2, 0) is 16.3 Å². The van der Waals surface area contributed by atoms with Gasteiger partial charge in [0.2, 0.25) is 5.62 Å². The Labute approximate surface area is 101 Å². The molecular weight excluding hydrogens is 253 g/mol. The normalized spacial score (nSPS) is 14.7. The summed E-state index contributed by atoms with van der Waals surface area (Å²) in [6, 6.07) is 0. The third-order valence-corrected chi connectivity index (χ3v) is 7.45. The Morgan fingerprint density at radius 3 is 2.64 bits per heavy atom. The second-order valence-electron chi connectivity index (χ2n) is 2.70. The minimum atomic E-state index is -1.92. The number of thiocarbonyl (C=S) groups is 1. The SMILES string of the molecule is CCCCCSP(=S)(NC=S)OCC. The summed E-state index contributed by atoms with van der Waals surface area (Å²) in [4.78, 5) is 0. The molecule has 0 spiro atoms. The summed E-state index contributed by atoms with van der Waals surface area (Å²) in [6.45, 7) is 4.80. The topological polar surface area (TPSA) is 21.3 Å². The highest BCUT2D eigenvalue weighted by Crippen LogP contribution is 2.55. The molecule has 0 heterocycles. The van der Waals surface area contributed by atoms with E-state index < -0.39 is 5.62 Å². The van der Waals surface area contributed by atoms with Crippen molar-refractivity contribution in [3.8, 4) is 0 Å². The highest BCUT2D eigenvalue weighted by molar-refractivity contribution is 8.68. The van der Waals surface area contributed by atoms with Crippen LogP contribution in [0.1, 0.15) is 33.1 Å². The standard InChI is InChI=1S/C8H18NOPS3/c1-3-5-6-7-14-11(13,9-8-12)10-4-2/h8H,3-7H2,1-2H3,(H,9,12,13). The summed E-state index contributed by atoms with van der Waals surface area (Å²) in [6.07, 6.45) is 3.69. The van der Waals surface area contributed by atoms with Gasteiger partial charge in [0.25, 0.3) is 0 Å². The van der Waals surface area contributed by atoms with Crippen molar-refractivity contribution in [3.05, 3.63) is 0 Å². The van der Waals surface area contributed by atoms with Crippen molar-refractivity contribution in [1.29, 1.82) is 0 Å². The molecule has 0 aliphatic heterocycles. The predicted molar refractivity (Wildman–Crippen MR) is 74.7 cm³/mol. The van der Waals surface area contributed by atoms with Gasteiger partial charge >= 0.3 is 0 Å². The van der Waals surface area contributed by atoms with Crippen molar-refractivity contribution in [2.45, 2.75) is 33.1 Å². The number of rotatable bonds is 9. The molecule has 0 radical (unpaired) electrons. The molecule has 0 aliphatic rings. The lowest BCUT2D eigenvalue weighted by molar-refractivity contribution is 0.383. The van der Waals surface area contributed by atoms with Crippen LogP contribution in [0.25, 0.3) is 0 Å². The first kappa shape index (κ1) is 14.8. The van der Waals surface area contributed by atoms with E-state index in [-0.39, 0.29) is 0 Å². The van der Waals surface area contributed by atoms with Crippen molar-refractivity contribution < 1.29 is 4.52 Å². The zero-order chi connectivity index (χ0) is 10.9. The van der Waals surface area contributed by atoms with Crippen LogP contribution in [-0.4, -0.2) is 17.9 Å². The highest BCUT2D eigenvalue weighted by atomic mass is 32.9. The first-order valence-electron chi connectivity index (χ1n) is 4.79. The molecule has 0 bridgehead atoms. The second kappa shape index (κ2) is 9.10. The Morgan fingerprint density at radius 2 is 2.14 bits per heavy atom. The van der Waals surface area contributed by atoms with E-state index in [0.717, 1.165) is 5.75 Å². The van der Waals surface area contributed by atoms with Gasteiger partial charge in [-0.3, -0.25) is 0 Å². The van der Waals surface area contributed by atoms with E-state index in [9.17, 15) is 0 Å². The first-order valence-corrected chi connectivity index (χ1v) is 9.57. The van der Waals surface area contributed by atoms with Crippen LogP contribution in [0.15, 0.2) is 0 Å². The summed E-state index contributed by atoms with van der Waals surface area (Å²) in [7, 11) is 0. The largest absolute Gasteiger partial charge is 0.327 e. The fourth-order valence-corrected chi connectivity index (χ4v) is 6.17. The number of unbranched alkanes of at least 4 members (excludes halogenated alkanes) is 2. The zero-order valence-electron chi connectivity index (χ0n) is 8.69. The van der Waals surface area contributed by atoms with E-state index in [2.05, 4.69) is 12.0 Å². The molecule has 0 amide bonds. The lowest BCUT2D eigenvalue weighted by atomic mass is 10.3. The fourth-order valence-electron chi connectivity index (χ4n) is 0.883. The molecule has 1 unspecified atom stereocenters. The fraction of sp³-hybridized carbons (Fsp3) is 0.875. The van der Waals surface area contributed by atoms with Crippen LogP contribution in [0, 0.1) is 0 Å². The van der Waals surface area contributed by atoms with Crippen LogP contribution < -0.4 is 5.09 Å². The minimum Gasteiger partial charge on any atom is -0.327 e. The van der Waals surface area contributed by atoms with E-state index in [1.54, 1.807) is 11.4 Å². The molecule has 0 aromatic heterocycles. The molecule has 0 aromatic carbocycles. The van der Waals surface area contributed by atoms with Crippen molar-refractivity contribution in [2.24, 2.45) is 0 Å². The predicted octanol–water partition coefficient (Wildman–Crippen LogP) is 3.72. The minimum absolute atomic E-state index is 0.647. The Morgan fingerprint density at radius 1 is 1.43 bits per heavy atom. The van der Waals surface area contributed by atoms with Crippen LogP contribution in [0.3, 0.4) is 0 Å². The monoisotopic (exact) mass is 271 g/mol. The van der Waals surface area contributed by atoms with Gasteiger partial charge in [0.05, 0.1) is 12.1 Å². The smallest absolute Gasteiger partial charge is 0.210 e. The van der Waals surface area contributed by atoms with Gasteiger partial charge < -0.3 is 9.61 Å². The lowest BCUT2D eigenvalue weighted by Crippen LogP contribution is -2.06. The van der Waals surface area contributed by atoms with Crippen molar-refractivity contribution in [1.82, 2.24) is 5.09 Å². The summed E-state index contributed by atoms with van der Waals surface area (Å²) >= 11 is 11.8. The van der Waals surface area contributed by atoms with Gasteiger partial charge in [-0.2, -0.15) is 0 Å². The number of hydrogen-bond donors (Lipinski definition) is 1.